The lowest BCUT2D eigenvalue weighted by Crippen LogP contribution is -2.00. The van der Waals surface area contributed by atoms with Gasteiger partial charge in [0.15, 0.2) is 0 Å². The summed E-state index contributed by atoms with van der Waals surface area (Å²) < 4.78 is 19.0. The molecule has 0 saturated carbocycles. The van der Waals surface area contributed by atoms with Crippen LogP contribution in [0.2, 0.25) is 5.02 Å². The molecule has 6 heteroatoms. The van der Waals surface area contributed by atoms with Crippen LogP contribution in [0.3, 0.4) is 0 Å². The Labute approximate surface area is 148 Å². The zero-order valence-electron chi connectivity index (χ0n) is 13.6. The molecule has 0 N–H and O–H groups in total. The largest absolute Gasteiger partial charge is 0.497 e. The van der Waals surface area contributed by atoms with E-state index in [0.29, 0.717) is 9.92 Å². The van der Waals surface area contributed by atoms with E-state index >= 15 is 0 Å². The van der Waals surface area contributed by atoms with Crippen molar-refractivity contribution in [3.63, 3.8) is 0 Å². The Bertz CT molecular complexity index is 881. The number of hydrogen-bond acceptors (Lipinski definition) is 3. The molecule has 2 aromatic carbocycles. The maximum atomic E-state index is 11.8. The third-order valence-electron chi connectivity index (χ3n) is 3.77. The first-order chi connectivity index (χ1) is 11.5. The van der Waals surface area contributed by atoms with Crippen molar-refractivity contribution in [2.75, 3.05) is 13.4 Å². The monoisotopic (exact) mass is 360 g/mol. The number of benzene rings is 2. The van der Waals surface area contributed by atoms with Gasteiger partial charge in [-0.3, -0.25) is 8.78 Å². The molecule has 0 radical (unpaired) electrons. The second-order valence-corrected chi connectivity index (χ2v) is 7.10. The van der Waals surface area contributed by atoms with Crippen LogP contribution >= 0.6 is 11.6 Å². The summed E-state index contributed by atoms with van der Waals surface area (Å²) in [4.78, 5) is 5.13. The van der Waals surface area contributed by atoms with E-state index in [0.717, 1.165) is 28.4 Å². The first-order valence-corrected chi connectivity index (χ1v) is 9.26. The highest BCUT2D eigenvalue weighted by molar-refractivity contribution is 7.84. The summed E-state index contributed by atoms with van der Waals surface area (Å²) >= 11 is 6.34. The minimum Gasteiger partial charge on any atom is -0.497 e. The van der Waals surface area contributed by atoms with Crippen LogP contribution in [0.4, 0.5) is 0 Å². The van der Waals surface area contributed by atoms with Gasteiger partial charge in [-0.15, -0.1) is 0 Å². The molecule has 0 aliphatic carbocycles. The van der Waals surface area contributed by atoms with Crippen molar-refractivity contribution < 1.29 is 8.95 Å². The van der Waals surface area contributed by atoms with Gasteiger partial charge < -0.3 is 4.74 Å². The predicted molar refractivity (Wildman–Crippen MR) is 97.6 cm³/mol. The van der Waals surface area contributed by atoms with Gasteiger partial charge in [0.2, 0.25) is 0 Å². The normalized spacial score (nSPS) is 12.2. The smallest absolute Gasteiger partial charge is 0.144 e. The van der Waals surface area contributed by atoms with Gasteiger partial charge >= 0.3 is 0 Å². The SMILES string of the molecule is COc1ccc(-c2nccn2-c2cc(C)c(S(C)=O)c(Cl)c2)cc1. The van der Waals surface area contributed by atoms with E-state index in [2.05, 4.69) is 4.98 Å². The third kappa shape index (κ3) is 3.09. The van der Waals surface area contributed by atoms with Crippen LogP contribution in [0.5, 0.6) is 5.75 Å². The van der Waals surface area contributed by atoms with Crippen LogP contribution in [-0.2, 0) is 10.8 Å². The molecule has 4 nitrogen and oxygen atoms in total. The number of aromatic nitrogens is 2. The van der Waals surface area contributed by atoms with E-state index in [1.54, 1.807) is 19.6 Å². The number of halogens is 1. The average Bonchev–Trinajstić information content (AvgIpc) is 3.03. The molecule has 0 amide bonds. The van der Waals surface area contributed by atoms with Gasteiger partial charge in [0, 0.05) is 29.9 Å². The molecule has 24 heavy (non-hydrogen) atoms. The Hall–Kier alpha value is -2.11. The second-order valence-electron chi connectivity index (χ2n) is 5.38. The molecule has 3 rings (SSSR count). The lowest BCUT2D eigenvalue weighted by atomic mass is 10.2. The Balaban J connectivity index is 2.09. The number of ether oxygens (including phenoxy) is 1. The number of aryl methyl sites for hydroxylation is 1. The van der Waals surface area contributed by atoms with Gasteiger partial charge in [-0.2, -0.15) is 0 Å². The second kappa shape index (κ2) is 6.79. The molecule has 124 valence electrons. The summed E-state index contributed by atoms with van der Waals surface area (Å²) in [5, 5.41) is 0.500. The molecule has 0 spiro atoms. The van der Waals surface area contributed by atoms with Crippen LogP contribution in [0.1, 0.15) is 5.56 Å². The van der Waals surface area contributed by atoms with Gasteiger partial charge in [0.1, 0.15) is 11.6 Å². The Morgan fingerprint density at radius 1 is 1.21 bits per heavy atom. The number of nitrogens with zero attached hydrogens (tertiary/aromatic N) is 2. The van der Waals surface area contributed by atoms with E-state index in [1.165, 1.54) is 0 Å². The summed E-state index contributed by atoms with van der Waals surface area (Å²) in [5.41, 5.74) is 2.75. The molecule has 1 atom stereocenters. The Morgan fingerprint density at radius 3 is 2.50 bits per heavy atom. The molecule has 1 heterocycles. The highest BCUT2D eigenvalue weighted by atomic mass is 35.5. The molecule has 0 aliphatic rings. The van der Waals surface area contributed by atoms with E-state index in [1.807, 2.05) is 54.1 Å². The van der Waals surface area contributed by atoms with Crippen molar-refractivity contribution in [1.82, 2.24) is 9.55 Å². The molecule has 0 bridgehead atoms. The Kier molecular flexibility index (Phi) is 4.73. The van der Waals surface area contributed by atoms with E-state index in [-0.39, 0.29) is 0 Å². The minimum absolute atomic E-state index is 0.500. The van der Waals surface area contributed by atoms with Crippen LogP contribution < -0.4 is 4.74 Å². The highest BCUT2D eigenvalue weighted by Crippen LogP contribution is 2.29. The third-order valence-corrected chi connectivity index (χ3v) is 5.30. The molecule has 1 unspecified atom stereocenters. The zero-order chi connectivity index (χ0) is 17.3. The molecular formula is C18H17ClN2O2S. The average molecular weight is 361 g/mol. The summed E-state index contributed by atoms with van der Waals surface area (Å²) in [5.74, 6) is 1.60. The molecular weight excluding hydrogens is 344 g/mol. The summed E-state index contributed by atoms with van der Waals surface area (Å²) in [6, 6.07) is 11.5. The summed E-state index contributed by atoms with van der Waals surface area (Å²) in [7, 11) is 0.516. The van der Waals surface area contributed by atoms with Crippen molar-refractivity contribution in [2.45, 2.75) is 11.8 Å². The van der Waals surface area contributed by atoms with Crippen molar-refractivity contribution in [3.8, 4) is 22.8 Å². The van der Waals surface area contributed by atoms with Gasteiger partial charge in [-0.25, -0.2) is 4.98 Å². The first-order valence-electron chi connectivity index (χ1n) is 7.33. The quantitative estimate of drug-likeness (QED) is 0.698. The minimum atomic E-state index is -1.12. The summed E-state index contributed by atoms with van der Waals surface area (Å²) in [6.45, 7) is 1.91. The number of hydrogen-bond donors (Lipinski definition) is 0. The van der Waals surface area contributed by atoms with E-state index in [4.69, 9.17) is 16.3 Å². The van der Waals surface area contributed by atoms with Gasteiger partial charge in [-0.05, 0) is 48.9 Å². The predicted octanol–water partition coefficient (Wildman–Crippen LogP) is 4.25. The van der Waals surface area contributed by atoms with Crippen molar-refractivity contribution in [2.24, 2.45) is 0 Å². The highest BCUT2D eigenvalue weighted by Gasteiger charge is 2.13. The van der Waals surface area contributed by atoms with Crippen LogP contribution in [0.15, 0.2) is 53.7 Å². The first kappa shape index (κ1) is 16.7. The maximum Gasteiger partial charge on any atom is 0.144 e. The topological polar surface area (TPSA) is 44.1 Å². The van der Waals surface area contributed by atoms with E-state index in [9.17, 15) is 4.21 Å². The number of methoxy groups -OCH3 is 1. The van der Waals surface area contributed by atoms with Crippen LogP contribution in [0, 0.1) is 6.92 Å². The molecule has 0 aliphatic heterocycles. The van der Waals surface area contributed by atoms with Crippen molar-refractivity contribution in [3.05, 3.63) is 59.4 Å². The fourth-order valence-electron chi connectivity index (χ4n) is 2.68. The van der Waals surface area contributed by atoms with Crippen LogP contribution in [-0.4, -0.2) is 27.1 Å². The fourth-order valence-corrected chi connectivity index (χ4v) is 4.11. The van der Waals surface area contributed by atoms with Crippen molar-refractivity contribution in [1.29, 1.82) is 0 Å². The number of imidazole rings is 1. The van der Waals surface area contributed by atoms with Crippen LogP contribution in [0.25, 0.3) is 17.1 Å². The van der Waals surface area contributed by atoms with Crippen molar-refractivity contribution >= 4 is 22.4 Å². The lowest BCUT2D eigenvalue weighted by Gasteiger charge is -2.12. The fraction of sp³-hybridized carbons (Fsp3) is 0.167. The molecule has 0 fully saturated rings. The number of rotatable bonds is 4. The standard InChI is InChI=1S/C18H17ClN2O2S/c1-12-10-14(11-16(19)17(12)24(3)22)21-9-8-20-18(21)13-4-6-15(23-2)7-5-13/h4-11H,1-3H3. The molecule has 1 aromatic heterocycles. The molecule has 3 aromatic rings. The van der Waals surface area contributed by atoms with Gasteiger partial charge in [0.25, 0.3) is 0 Å². The van der Waals surface area contributed by atoms with E-state index < -0.39 is 10.8 Å². The molecule has 0 saturated heterocycles. The van der Waals surface area contributed by atoms with Gasteiger partial charge in [-0.1, -0.05) is 11.6 Å². The van der Waals surface area contributed by atoms with Gasteiger partial charge in [0.05, 0.1) is 27.8 Å². The lowest BCUT2D eigenvalue weighted by molar-refractivity contribution is 0.415. The Morgan fingerprint density at radius 2 is 1.92 bits per heavy atom. The zero-order valence-corrected chi connectivity index (χ0v) is 15.2. The summed E-state index contributed by atoms with van der Waals surface area (Å²) in [6.07, 6.45) is 5.26. The maximum absolute atomic E-state index is 11.8.